The normalized spacial score (nSPS) is 12.7. The van der Waals surface area contributed by atoms with E-state index in [1.54, 1.807) is 14.2 Å². The summed E-state index contributed by atoms with van der Waals surface area (Å²) in [4.78, 5) is 0. The van der Waals surface area contributed by atoms with Crippen molar-refractivity contribution in [1.82, 2.24) is 0 Å². The molecule has 0 aromatic carbocycles. The Morgan fingerprint density at radius 1 is 1.50 bits per heavy atom. The Balaban J connectivity index is 3.87. The molecule has 0 rings (SSSR count). The van der Waals surface area contributed by atoms with Gasteiger partial charge in [-0.05, 0) is 12.5 Å². The average molecular weight is 165 g/mol. The number of hydrogen-bond acceptors (Lipinski definition) is 2. The fraction of sp³-hybridized carbons (Fsp3) is 0.714. The Morgan fingerprint density at radius 2 is 2.00 bits per heavy atom. The van der Waals surface area contributed by atoms with E-state index in [0.29, 0.717) is 5.88 Å². The number of ether oxygens (including phenoxy) is 2. The molecular weight excluding hydrogens is 152 g/mol. The maximum atomic E-state index is 5.47. The Hall–Kier alpha value is -0.0500. The largest absolute Gasteiger partial charge is 0.352 e. The first-order valence-electron chi connectivity index (χ1n) is 3.04. The molecule has 0 aromatic heterocycles. The average Bonchev–Trinajstić information content (AvgIpc) is 1.91. The van der Waals surface area contributed by atoms with Gasteiger partial charge in [0.2, 0.25) is 0 Å². The second kappa shape index (κ2) is 5.71. The van der Waals surface area contributed by atoms with Crippen LogP contribution in [-0.4, -0.2) is 26.4 Å². The van der Waals surface area contributed by atoms with E-state index in [0.717, 1.165) is 5.57 Å². The van der Waals surface area contributed by atoms with Crippen LogP contribution in [0.25, 0.3) is 0 Å². The first-order valence-corrected chi connectivity index (χ1v) is 3.58. The lowest BCUT2D eigenvalue weighted by Gasteiger charge is -2.12. The van der Waals surface area contributed by atoms with Gasteiger partial charge in [0, 0.05) is 20.1 Å². The summed E-state index contributed by atoms with van der Waals surface area (Å²) >= 11 is 5.47. The molecule has 2 nitrogen and oxygen atoms in total. The highest BCUT2D eigenvalue weighted by molar-refractivity contribution is 6.18. The first kappa shape index (κ1) is 9.95. The molecule has 0 N–H and O–H groups in total. The standard InChI is InChI=1S/C7H13ClO2/c1-6(4-5-8)7(9-2)10-3/h4,7H,5H2,1-3H3. The maximum Gasteiger partial charge on any atom is 0.178 e. The van der Waals surface area contributed by atoms with Crippen molar-refractivity contribution in [1.29, 1.82) is 0 Å². The zero-order chi connectivity index (χ0) is 7.98. The third-order valence-corrected chi connectivity index (χ3v) is 1.35. The second-order valence-corrected chi connectivity index (χ2v) is 2.21. The summed E-state index contributed by atoms with van der Waals surface area (Å²) in [6, 6.07) is 0. The van der Waals surface area contributed by atoms with Gasteiger partial charge in [-0.1, -0.05) is 6.08 Å². The summed E-state index contributed by atoms with van der Waals surface area (Å²) in [5.41, 5.74) is 1.00. The Kier molecular flexibility index (Phi) is 5.69. The molecule has 0 saturated carbocycles. The quantitative estimate of drug-likeness (QED) is 0.358. The minimum absolute atomic E-state index is 0.251. The third-order valence-electron chi connectivity index (χ3n) is 1.20. The van der Waals surface area contributed by atoms with Crippen molar-refractivity contribution < 1.29 is 9.47 Å². The van der Waals surface area contributed by atoms with Crippen LogP contribution >= 0.6 is 11.6 Å². The van der Waals surface area contributed by atoms with Crippen molar-refractivity contribution >= 4 is 11.6 Å². The van der Waals surface area contributed by atoms with Gasteiger partial charge in [0.1, 0.15) is 0 Å². The first-order chi connectivity index (χ1) is 4.76. The van der Waals surface area contributed by atoms with Crippen molar-refractivity contribution in [2.45, 2.75) is 13.2 Å². The SMILES string of the molecule is COC(OC)C(C)=CCCl. The molecule has 0 spiro atoms. The maximum absolute atomic E-state index is 5.47. The van der Waals surface area contributed by atoms with Crippen LogP contribution < -0.4 is 0 Å². The van der Waals surface area contributed by atoms with Crippen molar-refractivity contribution in [3.05, 3.63) is 11.6 Å². The van der Waals surface area contributed by atoms with Gasteiger partial charge in [0.05, 0.1) is 0 Å². The smallest absolute Gasteiger partial charge is 0.178 e. The van der Waals surface area contributed by atoms with Gasteiger partial charge in [-0.3, -0.25) is 0 Å². The molecule has 0 atom stereocenters. The van der Waals surface area contributed by atoms with Crippen molar-refractivity contribution in [2.24, 2.45) is 0 Å². The molecule has 0 radical (unpaired) electrons. The highest BCUT2D eigenvalue weighted by atomic mass is 35.5. The summed E-state index contributed by atoms with van der Waals surface area (Å²) < 4.78 is 9.93. The van der Waals surface area contributed by atoms with Crippen molar-refractivity contribution in [3.8, 4) is 0 Å². The summed E-state index contributed by atoms with van der Waals surface area (Å²) in [6.45, 7) is 1.92. The molecule has 0 aliphatic carbocycles. The fourth-order valence-corrected chi connectivity index (χ4v) is 0.929. The monoisotopic (exact) mass is 164 g/mol. The topological polar surface area (TPSA) is 18.5 Å². The summed E-state index contributed by atoms with van der Waals surface area (Å²) in [7, 11) is 3.19. The van der Waals surface area contributed by atoms with E-state index < -0.39 is 0 Å². The van der Waals surface area contributed by atoms with Gasteiger partial charge in [-0.2, -0.15) is 0 Å². The lowest BCUT2D eigenvalue weighted by Crippen LogP contribution is -2.14. The number of alkyl halides is 1. The molecule has 10 heavy (non-hydrogen) atoms. The molecule has 0 fully saturated rings. The molecule has 0 heterocycles. The van der Waals surface area contributed by atoms with Crippen LogP contribution in [0.2, 0.25) is 0 Å². The number of rotatable bonds is 4. The molecule has 3 heteroatoms. The van der Waals surface area contributed by atoms with Gasteiger partial charge >= 0.3 is 0 Å². The molecule has 0 amide bonds. The Labute approximate surface area is 66.8 Å². The van der Waals surface area contributed by atoms with Gasteiger partial charge in [0.25, 0.3) is 0 Å². The minimum atomic E-state index is -0.251. The number of hydrogen-bond donors (Lipinski definition) is 0. The Bertz CT molecular complexity index is 108. The molecule has 0 aliphatic rings. The minimum Gasteiger partial charge on any atom is -0.352 e. The number of allylic oxidation sites excluding steroid dienone is 1. The van der Waals surface area contributed by atoms with E-state index in [2.05, 4.69) is 0 Å². The Morgan fingerprint density at radius 3 is 2.30 bits per heavy atom. The lowest BCUT2D eigenvalue weighted by molar-refractivity contribution is -0.0747. The molecule has 0 saturated heterocycles. The predicted octanol–water partition coefficient (Wildman–Crippen LogP) is 1.79. The van der Waals surface area contributed by atoms with Crippen LogP contribution in [0.1, 0.15) is 6.92 Å². The third kappa shape index (κ3) is 3.20. The summed E-state index contributed by atoms with van der Waals surface area (Å²) in [5.74, 6) is 0.495. The predicted molar refractivity (Wildman–Crippen MR) is 42.3 cm³/mol. The highest BCUT2D eigenvalue weighted by Crippen LogP contribution is 2.05. The van der Waals surface area contributed by atoms with Crippen LogP contribution in [0, 0.1) is 0 Å². The van der Waals surface area contributed by atoms with E-state index in [1.165, 1.54) is 0 Å². The van der Waals surface area contributed by atoms with Crippen LogP contribution in [-0.2, 0) is 9.47 Å². The van der Waals surface area contributed by atoms with Crippen LogP contribution in [0.4, 0.5) is 0 Å². The highest BCUT2D eigenvalue weighted by Gasteiger charge is 2.05. The van der Waals surface area contributed by atoms with E-state index in [9.17, 15) is 0 Å². The lowest BCUT2D eigenvalue weighted by atomic mass is 10.3. The summed E-state index contributed by atoms with van der Waals surface area (Å²) in [6.07, 6.45) is 1.61. The van der Waals surface area contributed by atoms with Crippen LogP contribution in [0.3, 0.4) is 0 Å². The van der Waals surface area contributed by atoms with Crippen LogP contribution in [0.5, 0.6) is 0 Å². The number of methoxy groups -OCH3 is 2. The van der Waals surface area contributed by atoms with Gasteiger partial charge < -0.3 is 9.47 Å². The molecule has 0 aliphatic heterocycles. The zero-order valence-electron chi connectivity index (χ0n) is 6.56. The van der Waals surface area contributed by atoms with E-state index in [-0.39, 0.29) is 6.29 Å². The van der Waals surface area contributed by atoms with Crippen molar-refractivity contribution in [2.75, 3.05) is 20.1 Å². The van der Waals surface area contributed by atoms with Gasteiger partial charge in [-0.15, -0.1) is 11.6 Å². The second-order valence-electron chi connectivity index (χ2n) is 1.91. The molecule has 0 aromatic rings. The molecular formula is C7H13ClO2. The van der Waals surface area contributed by atoms with Gasteiger partial charge in [-0.25, -0.2) is 0 Å². The van der Waals surface area contributed by atoms with E-state index in [4.69, 9.17) is 21.1 Å². The van der Waals surface area contributed by atoms with Crippen LogP contribution in [0.15, 0.2) is 11.6 Å². The number of halogens is 1. The fourth-order valence-electron chi connectivity index (χ4n) is 0.686. The van der Waals surface area contributed by atoms with E-state index >= 15 is 0 Å². The van der Waals surface area contributed by atoms with Crippen molar-refractivity contribution in [3.63, 3.8) is 0 Å². The van der Waals surface area contributed by atoms with E-state index in [1.807, 2.05) is 13.0 Å². The van der Waals surface area contributed by atoms with Gasteiger partial charge in [0.15, 0.2) is 6.29 Å². The molecule has 60 valence electrons. The zero-order valence-corrected chi connectivity index (χ0v) is 7.31. The molecule has 0 bridgehead atoms. The summed E-state index contributed by atoms with van der Waals surface area (Å²) in [5, 5.41) is 0. The molecule has 0 unspecified atom stereocenters.